The van der Waals surface area contributed by atoms with Crippen LogP contribution in [0.5, 0.6) is 0 Å². The Hall–Kier alpha value is -1.93. The molecule has 166 valence electrons. The van der Waals surface area contributed by atoms with E-state index in [9.17, 15) is 18.0 Å². The summed E-state index contributed by atoms with van der Waals surface area (Å²) in [5.41, 5.74) is 0.359. The normalized spacial score (nSPS) is 22.6. The summed E-state index contributed by atoms with van der Waals surface area (Å²) < 4.78 is 27.9. The van der Waals surface area contributed by atoms with Gasteiger partial charge in [0.1, 0.15) is 6.54 Å². The van der Waals surface area contributed by atoms with Gasteiger partial charge in [0.05, 0.1) is 10.3 Å². The van der Waals surface area contributed by atoms with E-state index in [1.807, 2.05) is 13.8 Å². The third kappa shape index (κ3) is 4.12. The molecule has 0 bridgehead atoms. The molecule has 2 atom stereocenters. The summed E-state index contributed by atoms with van der Waals surface area (Å²) in [7, 11) is -3.62. The van der Waals surface area contributed by atoms with Crippen LogP contribution in [0.25, 0.3) is 0 Å². The first kappa shape index (κ1) is 22.7. The van der Waals surface area contributed by atoms with Crippen LogP contribution in [-0.4, -0.2) is 50.2 Å². The highest BCUT2D eigenvalue weighted by Crippen LogP contribution is 2.42. The van der Waals surface area contributed by atoms with E-state index in [1.165, 1.54) is 4.90 Å². The SMILES string of the molecule is CC[C@@H](C)NC(=O)CN1C(=O)C(C)(C)c2cc(S(=O)(=O)N3CCC[C@@H](C)C3)ccc21. The number of amides is 2. The fourth-order valence-corrected chi connectivity index (χ4v) is 5.84. The van der Waals surface area contributed by atoms with Crippen LogP contribution in [0.2, 0.25) is 0 Å². The maximum absolute atomic E-state index is 13.2. The number of benzene rings is 1. The van der Waals surface area contributed by atoms with E-state index in [1.54, 1.807) is 36.4 Å². The minimum atomic E-state index is -3.62. The monoisotopic (exact) mass is 435 g/mol. The number of hydrogen-bond acceptors (Lipinski definition) is 4. The predicted molar refractivity (Wildman–Crippen MR) is 117 cm³/mol. The van der Waals surface area contributed by atoms with Crippen LogP contribution in [0, 0.1) is 5.92 Å². The van der Waals surface area contributed by atoms with Crippen LogP contribution in [0.15, 0.2) is 23.1 Å². The summed E-state index contributed by atoms with van der Waals surface area (Å²) in [6, 6.07) is 4.87. The molecular formula is C22H33N3O4S. The van der Waals surface area contributed by atoms with Gasteiger partial charge in [0.25, 0.3) is 0 Å². The molecule has 30 heavy (non-hydrogen) atoms. The Kier molecular flexibility index (Phi) is 6.30. The van der Waals surface area contributed by atoms with E-state index in [-0.39, 0.29) is 29.3 Å². The van der Waals surface area contributed by atoms with Crippen molar-refractivity contribution < 1.29 is 18.0 Å². The molecule has 0 aliphatic carbocycles. The first-order valence-electron chi connectivity index (χ1n) is 10.7. The molecule has 0 radical (unpaired) electrons. The molecule has 2 heterocycles. The third-order valence-corrected chi connectivity index (χ3v) is 8.15. The largest absolute Gasteiger partial charge is 0.352 e. The van der Waals surface area contributed by atoms with Gasteiger partial charge >= 0.3 is 0 Å². The van der Waals surface area contributed by atoms with Crippen molar-refractivity contribution in [2.75, 3.05) is 24.5 Å². The minimum Gasteiger partial charge on any atom is -0.352 e. The van der Waals surface area contributed by atoms with Gasteiger partial charge in [0, 0.05) is 24.8 Å². The van der Waals surface area contributed by atoms with E-state index >= 15 is 0 Å². The van der Waals surface area contributed by atoms with Crippen molar-refractivity contribution in [2.24, 2.45) is 5.92 Å². The second-order valence-electron chi connectivity index (χ2n) is 9.18. The number of hydrogen-bond donors (Lipinski definition) is 1. The molecule has 0 unspecified atom stereocenters. The Morgan fingerprint density at radius 3 is 2.67 bits per heavy atom. The predicted octanol–water partition coefficient (Wildman–Crippen LogP) is 2.65. The topological polar surface area (TPSA) is 86.8 Å². The Labute approximate surface area is 179 Å². The number of carbonyl (C=O) groups excluding carboxylic acids is 2. The summed E-state index contributed by atoms with van der Waals surface area (Å²) in [4.78, 5) is 27.1. The lowest BCUT2D eigenvalue weighted by Crippen LogP contribution is -2.44. The molecule has 7 nitrogen and oxygen atoms in total. The molecule has 2 aliphatic heterocycles. The number of carbonyl (C=O) groups is 2. The lowest BCUT2D eigenvalue weighted by Gasteiger charge is -2.30. The van der Waals surface area contributed by atoms with Gasteiger partial charge in [0.15, 0.2) is 0 Å². The number of piperidine rings is 1. The van der Waals surface area contributed by atoms with Crippen LogP contribution in [0.3, 0.4) is 0 Å². The zero-order valence-electron chi connectivity index (χ0n) is 18.6. The van der Waals surface area contributed by atoms with Crippen LogP contribution in [-0.2, 0) is 25.0 Å². The van der Waals surface area contributed by atoms with Gasteiger partial charge in [-0.15, -0.1) is 0 Å². The summed E-state index contributed by atoms with van der Waals surface area (Å²) in [6.07, 6.45) is 2.69. The molecule has 3 rings (SSSR count). The van der Waals surface area contributed by atoms with Crippen molar-refractivity contribution in [2.45, 2.75) is 70.2 Å². The molecule has 1 aromatic rings. The number of anilines is 1. The quantitative estimate of drug-likeness (QED) is 0.744. The second kappa shape index (κ2) is 8.30. The molecule has 0 spiro atoms. The van der Waals surface area contributed by atoms with Gasteiger partial charge in [-0.2, -0.15) is 4.31 Å². The number of nitrogens with one attached hydrogen (secondary N) is 1. The molecule has 2 amide bonds. The minimum absolute atomic E-state index is 0.0298. The molecule has 1 N–H and O–H groups in total. The number of nitrogens with zero attached hydrogens (tertiary/aromatic N) is 2. The molecule has 8 heteroatoms. The summed E-state index contributed by atoms with van der Waals surface area (Å²) in [5, 5.41) is 2.88. The van der Waals surface area contributed by atoms with Crippen molar-refractivity contribution in [3.8, 4) is 0 Å². The molecule has 1 fully saturated rings. The maximum Gasteiger partial charge on any atom is 0.243 e. The zero-order chi connectivity index (χ0) is 22.3. The number of rotatable bonds is 6. The van der Waals surface area contributed by atoms with E-state index in [0.717, 1.165) is 19.3 Å². The van der Waals surface area contributed by atoms with Gasteiger partial charge in [0.2, 0.25) is 21.8 Å². The number of fused-ring (bicyclic) bond motifs is 1. The van der Waals surface area contributed by atoms with Crippen molar-refractivity contribution >= 4 is 27.5 Å². The lowest BCUT2D eigenvalue weighted by atomic mass is 9.86. The smallest absolute Gasteiger partial charge is 0.243 e. The first-order valence-corrected chi connectivity index (χ1v) is 12.2. The summed E-state index contributed by atoms with van der Waals surface area (Å²) in [5.74, 6) is -0.0845. The Morgan fingerprint density at radius 1 is 1.33 bits per heavy atom. The zero-order valence-corrected chi connectivity index (χ0v) is 19.4. The standard InChI is InChI=1S/C22H33N3O4S/c1-6-16(3)23-20(26)14-25-19-10-9-17(12-18(19)22(4,5)21(25)27)30(28,29)24-11-7-8-15(2)13-24/h9-10,12,15-16H,6-8,11,13-14H2,1-5H3,(H,23,26)/t15-,16-/m1/s1. The van der Waals surface area contributed by atoms with Crippen molar-refractivity contribution in [3.63, 3.8) is 0 Å². The van der Waals surface area contributed by atoms with E-state index < -0.39 is 15.4 Å². The van der Waals surface area contributed by atoms with Crippen LogP contribution in [0.4, 0.5) is 5.69 Å². The second-order valence-corrected chi connectivity index (χ2v) is 11.1. The van der Waals surface area contributed by atoms with E-state index in [2.05, 4.69) is 12.2 Å². The molecule has 2 aliphatic rings. The van der Waals surface area contributed by atoms with Gasteiger partial charge < -0.3 is 10.2 Å². The Bertz CT molecular complexity index is 942. The molecular weight excluding hydrogens is 402 g/mol. The molecule has 1 saturated heterocycles. The molecule has 0 saturated carbocycles. The molecule has 1 aromatic carbocycles. The molecule has 0 aromatic heterocycles. The maximum atomic E-state index is 13.2. The first-order chi connectivity index (χ1) is 14.0. The van der Waals surface area contributed by atoms with Crippen LogP contribution < -0.4 is 10.2 Å². The Morgan fingerprint density at radius 2 is 2.03 bits per heavy atom. The Balaban J connectivity index is 1.92. The van der Waals surface area contributed by atoms with Gasteiger partial charge in [-0.25, -0.2) is 8.42 Å². The highest BCUT2D eigenvalue weighted by molar-refractivity contribution is 7.89. The number of sulfonamides is 1. The van der Waals surface area contributed by atoms with Crippen LogP contribution in [0.1, 0.15) is 59.4 Å². The van der Waals surface area contributed by atoms with E-state index in [4.69, 9.17) is 0 Å². The highest BCUT2D eigenvalue weighted by Gasteiger charge is 2.45. The van der Waals surface area contributed by atoms with Gasteiger partial charge in [-0.3, -0.25) is 9.59 Å². The van der Waals surface area contributed by atoms with Gasteiger partial charge in [-0.05, 0) is 69.7 Å². The van der Waals surface area contributed by atoms with Crippen molar-refractivity contribution in [1.29, 1.82) is 0 Å². The average molecular weight is 436 g/mol. The lowest BCUT2D eigenvalue weighted by molar-refractivity contribution is -0.125. The summed E-state index contributed by atoms with van der Waals surface area (Å²) >= 11 is 0. The fraction of sp³-hybridized carbons (Fsp3) is 0.636. The summed E-state index contributed by atoms with van der Waals surface area (Å²) in [6.45, 7) is 10.5. The third-order valence-electron chi connectivity index (χ3n) is 6.29. The van der Waals surface area contributed by atoms with Crippen molar-refractivity contribution in [1.82, 2.24) is 9.62 Å². The average Bonchev–Trinajstić information content (AvgIpc) is 2.88. The van der Waals surface area contributed by atoms with Gasteiger partial charge in [-0.1, -0.05) is 13.8 Å². The van der Waals surface area contributed by atoms with Crippen LogP contribution >= 0.6 is 0 Å². The fourth-order valence-electron chi connectivity index (χ4n) is 4.21. The van der Waals surface area contributed by atoms with E-state index in [0.29, 0.717) is 30.3 Å². The highest BCUT2D eigenvalue weighted by atomic mass is 32.2. The van der Waals surface area contributed by atoms with Crippen molar-refractivity contribution in [3.05, 3.63) is 23.8 Å².